The second-order valence-electron chi connectivity index (χ2n) is 4.86. The third-order valence-electron chi connectivity index (χ3n) is 3.62. The smallest absolute Gasteiger partial charge is 0.161 e. The van der Waals surface area contributed by atoms with Gasteiger partial charge >= 0.3 is 0 Å². The molecule has 0 radical (unpaired) electrons. The summed E-state index contributed by atoms with van der Waals surface area (Å²) in [6.07, 6.45) is 2.38. The average Bonchev–Trinajstić information content (AvgIpc) is 2.48. The third-order valence-corrected chi connectivity index (χ3v) is 3.62. The predicted molar refractivity (Wildman–Crippen MR) is 73.9 cm³/mol. The van der Waals surface area contributed by atoms with E-state index in [1.54, 1.807) is 14.2 Å². The van der Waals surface area contributed by atoms with E-state index >= 15 is 0 Å². The number of nitrogens with one attached hydrogen (secondary N) is 1. The Morgan fingerprint density at radius 2 is 1.89 bits per heavy atom. The summed E-state index contributed by atoms with van der Waals surface area (Å²) in [5.74, 6) is 1.90. The number of piperidine rings is 1. The van der Waals surface area contributed by atoms with Crippen LogP contribution in [0.2, 0.25) is 0 Å². The van der Waals surface area contributed by atoms with Gasteiger partial charge in [0.1, 0.15) is 5.78 Å². The number of hydrogen-bond acceptors (Lipinski definition) is 4. The highest BCUT2D eigenvalue weighted by molar-refractivity contribution is 5.83. The van der Waals surface area contributed by atoms with Crippen molar-refractivity contribution in [2.75, 3.05) is 27.3 Å². The standard InChI is InChI=1S/C15H21NO3/c1-18-14-4-3-11(10-15(14)19-2)9-13(17)12-5-7-16-8-6-12/h3-4,10,12,16H,5-9H2,1-2H3. The maximum atomic E-state index is 12.2. The lowest BCUT2D eigenvalue weighted by atomic mass is 9.90. The quantitative estimate of drug-likeness (QED) is 0.880. The second-order valence-corrected chi connectivity index (χ2v) is 4.86. The van der Waals surface area contributed by atoms with Gasteiger partial charge in [-0.1, -0.05) is 6.07 Å². The van der Waals surface area contributed by atoms with E-state index in [1.165, 1.54) is 0 Å². The molecule has 0 aliphatic carbocycles. The lowest BCUT2D eigenvalue weighted by Crippen LogP contribution is -2.32. The molecule has 4 nitrogen and oxygen atoms in total. The molecule has 1 aliphatic rings. The van der Waals surface area contributed by atoms with E-state index in [4.69, 9.17) is 9.47 Å². The van der Waals surface area contributed by atoms with Gasteiger partial charge in [-0.05, 0) is 43.6 Å². The van der Waals surface area contributed by atoms with Gasteiger partial charge in [0.25, 0.3) is 0 Å². The molecule has 0 amide bonds. The van der Waals surface area contributed by atoms with Crippen LogP contribution in [0.25, 0.3) is 0 Å². The van der Waals surface area contributed by atoms with Crippen molar-refractivity contribution in [2.24, 2.45) is 5.92 Å². The summed E-state index contributed by atoms with van der Waals surface area (Å²) in [5, 5.41) is 3.28. The van der Waals surface area contributed by atoms with Gasteiger partial charge < -0.3 is 14.8 Å². The molecule has 4 heteroatoms. The summed E-state index contributed by atoms with van der Waals surface area (Å²) in [7, 11) is 3.22. The molecule has 104 valence electrons. The largest absolute Gasteiger partial charge is 0.493 e. The Labute approximate surface area is 114 Å². The fourth-order valence-electron chi connectivity index (χ4n) is 2.48. The van der Waals surface area contributed by atoms with Crippen LogP contribution in [0.4, 0.5) is 0 Å². The van der Waals surface area contributed by atoms with E-state index in [2.05, 4.69) is 5.32 Å². The molecule has 1 aliphatic heterocycles. The molecule has 0 aromatic heterocycles. The van der Waals surface area contributed by atoms with Gasteiger partial charge in [0.05, 0.1) is 14.2 Å². The number of carbonyl (C=O) groups excluding carboxylic acids is 1. The molecule has 1 aromatic carbocycles. The summed E-state index contributed by atoms with van der Waals surface area (Å²) in [5.41, 5.74) is 0.987. The van der Waals surface area contributed by atoms with Crippen LogP contribution in [0.5, 0.6) is 11.5 Å². The van der Waals surface area contributed by atoms with Gasteiger partial charge in [0.15, 0.2) is 11.5 Å². The van der Waals surface area contributed by atoms with Crippen molar-refractivity contribution in [3.05, 3.63) is 23.8 Å². The molecule has 0 saturated carbocycles. The van der Waals surface area contributed by atoms with Crippen molar-refractivity contribution < 1.29 is 14.3 Å². The van der Waals surface area contributed by atoms with Crippen molar-refractivity contribution in [2.45, 2.75) is 19.3 Å². The van der Waals surface area contributed by atoms with Gasteiger partial charge in [-0.25, -0.2) is 0 Å². The Balaban J connectivity index is 2.03. The summed E-state index contributed by atoms with van der Waals surface area (Å²) in [4.78, 5) is 12.2. The van der Waals surface area contributed by atoms with Crippen LogP contribution in [0.3, 0.4) is 0 Å². The molecule has 0 spiro atoms. The summed E-state index contributed by atoms with van der Waals surface area (Å²) >= 11 is 0. The Hall–Kier alpha value is -1.55. The lowest BCUT2D eigenvalue weighted by molar-refractivity contribution is -0.122. The normalized spacial score (nSPS) is 16.1. The van der Waals surface area contributed by atoms with Crippen LogP contribution in [0.15, 0.2) is 18.2 Å². The van der Waals surface area contributed by atoms with Crippen molar-refractivity contribution >= 4 is 5.78 Å². The first kappa shape index (κ1) is 13.9. The number of rotatable bonds is 5. The van der Waals surface area contributed by atoms with Crippen molar-refractivity contribution in [1.82, 2.24) is 5.32 Å². The van der Waals surface area contributed by atoms with Crippen LogP contribution >= 0.6 is 0 Å². The molecule has 1 saturated heterocycles. The average molecular weight is 263 g/mol. The maximum Gasteiger partial charge on any atom is 0.161 e. The zero-order valence-corrected chi connectivity index (χ0v) is 11.6. The van der Waals surface area contributed by atoms with Crippen molar-refractivity contribution in [3.8, 4) is 11.5 Å². The van der Waals surface area contributed by atoms with Crippen LogP contribution < -0.4 is 14.8 Å². The van der Waals surface area contributed by atoms with Crippen LogP contribution in [0, 0.1) is 5.92 Å². The highest BCUT2D eigenvalue weighted by Crippen LogP contribution is 2.28. The minimum absolute atomic E-state index is 0.203. The number of ketones is 1. The van der Waals surface area contributed by atoms with E-state index in [9.17, 15) is 4.79 Å². The van der Waals surface area contributed by atoms with Crippen molar-refractivity contribution in [1.29, 1.82) is 0 Å². The Morgan fingerprint density at radius 1 is 1.21 bits per heavy atom. The molecular weight excluding hydrogens is 242 g/mol. The molecule has 2 rings (SSSR count). The maximum absolute atomic E-state index is 12.2. The Morgan fingerprint density at radius 3 is 2.53 bits per heavy atom. The SMILES string of the molecule is COc1ccc(CC(=O)C2CCNCC2)cc1OC. The second kappa shape index (κ2) is 6.57. The molecule has 1 heterocycles. The van der Waals surface area contributed by atoms with Gasteiger partial charge in [-0.3, -0.25) is 4.79 Å². The summed E-state index contributed by atoms with van der Waals surface area (Å²) in [6.45, 7) is 1.89. The summed E-state index contributed by atoms with van der Waals surface area (Å²) < 4.78 is 10.5. The molecule has 0 atom stereocenters. The Bertz CT molecular complexity index is 439. The molecule has 1 aromatic rings. The highest BCUT2D eigenvalue weighted by atomic mass is 16.5. The van der Waals surface area contributed by atoms with E-state index in [0.29, 0.717) is 23.7 Å². The fraction of sp³-hybridized carbons (Fsp3) is 0.533. The van der Waals surface area contributed by atoms with Gasteiger partial charge in [0, 0.05) is 12.3 Å². The number of methoxy groups -OCH3 is 2. The van der Waals surface area contributed by atoms with Crippen LogP contribution in [-0.2, 0) is 11.2 Å². The van der Waals surface area contributed by atoms with E-state index < -0.39 is 0 Å². The summed E-state index contributed by atoms with van der Waals surface area (Å²) in [6, 6.07) is 5.67. The molecule has 0 bridgehead atoms. The minimum atomic E-state index is 0.203. The minimum Gasteiger partial charge on any atom is -0.493 e. The number of hydrogen-bond donors (Lipinski definition) is 1. The van der Waals surface area contributed by atoms with Gasteiger partial charge in [-0.15, -0.1) is 0 Å². The number of Topliss-reactive ketones (excluding diaryl/α,β-unsaturated/α-hetero) is 1. The lowest BCUT2D eigenvalue weighted by Gasteiger charge is -2.21. The molecule has 19 heavy (non-hydrogen) atoms. The first-order chi connectivity index (χ1) is 9.24. The van der Waals surface area contributed by atoms with Gasteiger partial charge in [0.2, 0.25) is 0 Å². The molecule has 1 fully saturated rings. The van der Waals surface area contributed by atoms with Crippen molar-refractivity contribution in [3.63, 3.8) is 0 Å². The first-order valence-electron chi connectivity index (χ1n) is 6.69. The van der Waals surface area contributed by atoms with Crippen LogP contribution in [-0.4, -0.2) is 33.1 Å². The zero-order chi connectivity index (χ0) is 13.7. The first-order valence-corrected chi connectivity index (χ1v) is 6.69. The van der Waals surface area contributed by atoms with E-state index in [0.717, 1.165) is 31.5 Å². The van der Waals surface area contributed by atoms with Crippen LogP contribution in [0.1, 0.15) is 18.4 Å². The topological polar surface area (TPSA) is 47.6 Å². The Kier molecular flexibility index (Phi) is 4.80. The molecule has 0 unspecified atom stereocenters. The number of ether oxygens (including phenoxy) is 2. The van der Waals surface area contributed by atoms with E-state index in [-0.39, 0.29) is 5.92 Å². The zero-order valence-electron chi connectivity index (χ0n) is 11.6. The molecular formula is C15H21NO3. The van der Waals surface area contributed by atoms with Gasteiger partial charge in [-0.2, -0.15) is 0 Å². The predicted octanol–water partition coefficient (Wildman–Crippen LogP) is 1.81. The fourth-order valence-corrected chi connectivity index (χ4v) is 2.48. The number of carbonyl (C=O) groups is 1. The monoisotopic (exact) mass is 263 g/mol. The van der Waals surface area contributed by atoms with E-state index in [1.807, 2.05) is 18.2 Å². The third kappa shape index (κ3) is 3.47. The number of benzene rings is 1. The highest BCUT2D eigenvalue weighted by Gasteiger charge is 2.21. The molecule has 1 N–H and O–H groups in total.